The van der Waals surface area contributed by atoms with Crippen molar-refractivity contribution in [3.8, 4) is 5.75 Å². The zero-order valence-electron chi connectivity index (χ0n) is 11.4. The van der Waals surface area contributed by atoms with Crippen molar-refractivity contribution >= 4 is 22.0 Å². The van der Waals surface area contributed by atoms with Gasteiger partial charge in [0.1, 0.15) is 5.75 Å². The van der Waals surface area contributed by atoms with Crippen molar-refractivity contribution < 1.29 is 9.53 Å². The number of halogens is 1. The van der Waals surface area contributed by atoms with Crippen LogP contribution in [0, 0.1) is 0 Å². The van der Waals surface area contributed by atoms with E-state index in [0.29, 0.717) is 11.8 Å². The van der Waals surface area contributed by atoms with E-state index in [0.717, 1.165) is 30.5 Å². The Morgan fingerprint density at radius 1 is 1.15 bits per heavy atom. The third-order valence-corrected chi connectivity index (χ3v) is 4.61. The largest absolute Gasteiger partial charge is 0.415 e. The molecule has 0 aromatic heterocycles. The molecule has 20 heavy (non-hydrogen) atoms. The first-order chi connectivity index (χ1) is 9.72. The Labute approximate surface area is 127 Å². The van der Waals surface area contributed by atoms with Gasteiger partial charge in [-0.05, 0) is 50.1 Å². The van der Waals surface area contributed by atoms with Crippen LogP contribution in [0.4, 0.5) is 4.79 Å². The average Bonchev–Trinajstić information content (AvgIpc) is 2.78. The molecule has 4 nitrogen and oxygen atoms in total. The van der Waals surface area contributed by atoms with Crippen molar-refractivity contribution in [2.75, 3.05) is 26.2 Å². The van der Waals surface area contributed by atoms with Gasteiger partial charge in [0.05, 0.1) is 0 Å². The molecule has 108 valence electrons. The van der Waals surface area contributed by atoms with Gasteiger partial charge in [-0.25, -0.2) is 4.79 Å². The van der Waals surface area contributed by atoms with E-state index in [1.165, 1.54) is 19.4 Å². The normalized spacial score (nSPS) is 23.2. The van der Waals surface area contributed by atoms with Crippen molar-refractivity contribution in [1.29, 1.82) is 0 Å². The average molecular weight is 339 g/mol. The van der Waals surface area contributed by atoms with Crippen LogP contribution in [0.2, 0.25) is 0 Å². The second-order valence-electron chi connectivity index (χ2n) is 5.45. The van der Waals surface area contributed by atoms with Crippen LogP contribution in [0.25, 0.3) is 0 Å². The summed E-state index contributed by atoms with van der Waals surface area (Å²) in [5.41, 5.74) is 0. The number of amides is 1. The molecular formula is C15H19BrN2O2. The Morgan fingerprint density at radius 2 is 1.90 bits per heavy atom. The van der Waals surface area contributed by atoms with Gasteiger partial charge in [-0.2, -0.15) is 0 Å². The summed E-state index contributed by atoms with van der Waals surface area (Å²) in [5.74, 6) is 0.603. The molecule has 2 aliphatic heterocycles. The standard InChI is InChI=1S/C15H19BrN2O2/c16-12-4-6-14(7-5-12)20-15(19)18-10-2-9-17-8-1-3-13(17)11-18/h4-7,13H,1-3,8-11H2/t13-/m1/s1. The Bertz CT molecular complexity index is 477. The van der Waals surface area contributed by atoms with Gasteiger partial charge in [-0.1, -0.05) is 15.9 Å². The first kappa shape index (κ1) is 13.9. The summed E-state index contributed by atoms with van der Waals surface area (Å²) < 4.78 is 6.44. The predicted octanol–water partition coefficient (Wildman–Crippen LogP) is 3.12. The number of rotatable bonds is 1. The van der Waals surface area contributed by atoms with Crippen LogP contribution >= 0.6 is 15.9 Å². The number of benzene rings is 1. The molecule has 0 aliphatic carbocycles. The van der Waals surface area contributed by atoms with Crippen LogP contribution in [-0.4, -0.2) is 48.1 Å². The molecule has 1 aromatic carbocycles. The van der Waals surface area contributed by atoms with Crippen LogP contribution < -0.4 is 4.74 Å². The van der Waals surface area contributed by atoms with E-state index in [4.69, 9.17) is 4.74 Å². The minimum absolute atomic E-state index is 0.221. The summed E-state index contributed by atoms with van der Waals surface area (Å²) in [6.45, 7) is 3.88. The third kappa shape index (κ3) is 3.15. The lowest BCUT2D eigenvalue weighted by molar-refractivity contribution is 0.146. The highest BCUT2D eigenvalue weighted by molar-refractivity contribution is 9.10. The minimum atomic E-state index is -0.221. The van der Waals surface area contributed by atoms with Gasteiger partial charge < -0.3 is 9.64 Å². The molecule has 0 saturated carbocycles. The second-order valence-corrected chi connectivity index (χ2v) is 6.37. The fourth-order valence-electron chi connectivity index (χ4n) is 3.04. The van der Waals surface area contributed by atoms with E-state index in [1.807, 2.05) is 29.2 Å². The molecule has 0 N–H and O–H groups in total. The van der Waals surface area contributed by atoms with Gasteiger partial charge in [0.2, 0.25) is 0 Å². The van der Waals surface area contributed by atoms with E-state index in [1.54, 1.807) is 0 Å². The van der Waals surface area contributed by atoms with Crippen molar-refractivity contribution in [2.45, 2.75) is 25.3 Å². The smallest absolute Gasteiger partial charge is 0.410 e. The van der Waals surface area contributed by atoms with Gasteiger partial charge in [0, 0.05) is 30.1 Å². The van der Waals surface area contributed by atoms with Crippen LogP contribution in [0.3, 0.4) is 0 Å². The molecule has 1 aromatic rings. The van der Waals surface area contributed by atoms with E-state index in [9.17, 15) is 4.79 Å². The lowest BCUT2D eigenvalue weighted by atomic mass is 10.2. The maximum atomic E-state index is 12.3. The van der Waals surface area contributed by atoms with Gasteiger partial charge in [0.15, 0.2) is 0 Å². The number of nitrogens with zero attached hydrogens (tertiary/aromatic N) is 2. The topological polar surface area (TPSA) is 32.8 Å². The molecule has 2 heterocycles. The SMILES string of the molecule is O=C(Oc1ccc(Br)cc1)N1CCCN2CCC[C@@H]2C1. The van der Waals surface area contributed by atoms with Gasteiger partial charge >= 0.3 is 6.09 Å². The van der Waals surface area contributed by atoms with Crippen LogP contribution in [0.1, 0.15) is 19.3 Å². The quantitative estimate of drug-likeness (QED) is 0.788. The lowest BCUT2D eigenvalue weighted by Gasteiger charge is -2.25. The maximum absolute atomic E-state index is 12.3. The fraction of sp³-hybridized carbons (Fsp3) is 0.533. The van der Waals surface area contributed by atoms with Crippen molar-refractivity contribution in [3.05, 3.63) is 28.7 Å². The number of ether oxygens (including phenoxy) is 1. The Morgan fingerprint density at radius 3 is 2.70 bits per heavy atom. The Kier molecular flexibility index (Phi) is 4.27. The summed E-state index contributed by atoms with van der Waals surface area (Å²) in [4.78, 5) is 16.6. The molecule has 1 amide bonds. The van der Waals surface area contributed by atoms with E-state index >= 15 is 0 Å². The van der Waals surface area contributed by atoms with Gasteiger partial charge in [-0.3, -0.25) is 4.90 Å². The molecule has 0 unspecified atom stereocenters. The molecule has 0 radical (unpaired) electrons. The molecule has 3 rings (SSSR count). The zero-order chi connectivity index (χ0) is 13.9. The number of hydrogen-bond acceptors (Lipinski definition) is 3. The molecule has 0 bridgehead atoms. The molecule has 2 fully saturated rings. The van der Waals surface area contributed by atoms with Crippen LogP contribution in [0.15, 0.2) is 28.7 Å². The van der Waals surface area contributed by atoms with Crippen LogP contribution in [-0.2, 0) is 0 Å². The van der Waals surface area contributed by atoms with Crippen molar-refractivity contribution in [2.24, 2.45) is 0 Å². The molecule has 5 heteroatoms. The molecular weight excluding hydrogens is 320 g/mol. The summed E-state index contributed by atoms with van der Waals surface area (Å²) in [7, 11) is 0. The summed E-state index contributed by atoms with van der Waals surface area (Å²) in [6.07, 6.45) is 3.26. The summed E-state index contributed by atoms with van der Waals surface area (Å²) in [5, 5.41) is 0. The molecule has 2 saturated heterocycles. The highest BCUT2D eigenvalue weighted by Gasteiger charge is 2.31. The Balaban J connectivity index is 1.62. The molecule has 0 spiro atoms. The fourth-order valence-corrected chi connectivity index (χ4v) is 3.30. The van der Waals surface area contributed by atoms with E-state index < -0.39 is 0 Å². The van der Waals surface area contributed by atoms with Crippen molar-refractivity contribution in [1.82, 2.24) is 9.80 Å². The molecule has 2 aliphatic rings. The van der Waals surface area contributed by atoms with Crippen LogP contribution in [0.5, 0.6) is 5.75 Å². The summed E-state index contributed by atoms with van der Waals surface area (Å²) >= 11 is 3.37. The van der Waals surface area contributed by atoms with E-state index in [2.05, 4.69) is 20.8 Å². The zero-order valence-corrected chi connectivity index (χ0v) is 13.0. The number of carbonyl (C=O) groups is 1. The first-order valence-electron chi connectivity index (χ1n) is 7.19. The first-order valence-corrected chi connectivity index (χ1v) is 7.98. The van der Waals surface area contributed by atoms with Gasteiger partial charge in [-0.15, -0.1) is 0 Å². The maximum Gasteiger partial charge on any atom is 0.415 e. The Hall–Kier alpha value is -1.07. The monoisotopic (exact) mass is 338 g/mol. The highest BCUT2D eigenvalue weighted by atomic mass is 79.9. The molecule has 1 atom stereocenters. The highest BCUT2D eigenvalue weighted by Crippen LogP contribution is 2.22. The lowest BCUT2D eigenvalue weighted by Crippen LogP contribution is -2.40. The van der Waals surface area contributed by atoms with Gasteiger partial charge in [0.25, 0.3) is 0 Å². The minimum Gasteiger partial charge on any atom is -0.410 e. The number of hydrogen-bond donors (Lipinski definition) is 0. The predicted molar refractivity (Wildman–Crippen MR) is 81.0 cm³/mol. The summed E-state index contributed by atoms with van der Waals surface area (Å²) in [6, 6.07) is 7.89. The van der Waals surface area contributed by atoms with E-state index in [-0.39, 0.29) is 6.09 Å². The number of fused-ring (bicyclic) bond motifs is 1. The third-order valence-electron chi connectivity index (χ3n) is 4.08. The van der Waals surface area contributed by atoms with Crippen molar-refractivity contribution in [3.63, 3.8) is 0 Å². The number of carbonyl (C=O) groups excluding carboxylic acids is 1. The second kappa shape index (κ2) is 6.14.